The lowest BCUT2D eigenvalue weighted by molar-refractivity contribution is -0.116. The van der Waals surface area contributed by atoms with E-state index in [0.29, 0.717) is 17.1 Å². The molecule has 1 atom stereocenters. The Labute approximate surface area is 171 Å². The van der Waals surface area contributed by atoms with Gasteiger partial charge in [0.1, 0.15) is 17.6 Å². The van der Waals surface area contributed by atoms with E-state index >= 15 is 0 Å². The number of hydrogen-bond donors (Lipinski definition) is 4. The molecule has 154 valence electrons. The number of allylic oxidation sites excluding steroid dienone is 3. The summed E-state index contributed by atoms with van der Waals surface area (Å²) >= 11 is 0. The van der Waals surface area contributed by atoms with Gasteiger partial charge in [-0.15, -0.1) is 0 Å². The summed E-state index contributed by atoms with van der Waals surface area (Å²) in [4.78, 5) is 17.1. The summed E-state index contributed by atoms with van der Waals surface area (Å²) < 4.78 is 5.34. The molecule has 1 amide bonds. The van der Waals surface area contributed by atoms with Crippen LogP contribution < -0.4 is 22.1 Å². The first-order valence-electron chi connectivity index (χ1n) is 9.60. The van der Waals surface area contributed by atoms with Crippen LogP contribution in [0.1, 0.15) is 37.8 Å². The summed E-state index contributed by atoms with van der Waals surface area (Å²) in [6, 6.07) is 7.41. The Morgan fingerprint density at radius 2 is 2.14 bits per heavy atom. The van der Waals surface area contributed by atoms with Crippen molar-refractivity contribution < 1.29 is 9.53 Å². The Kier molecular flexibility index (Phi) is 7.79. The molecule has 7 heteroatoms. The monoisotopic (exact) mass is 395 g/mol. The molecule has 0 aromatic heterocycles. The van der Waals surface area contributed by atoms with Gasteiger partial charge in [0, 0.05) is 23.9 Å². The number of aliphatic imine (C=N–C) groups is 1. The predicted molar refractivity (Wildman–Crippen MR) is 117 cm³/mol. The third-order valence-corrected chi connectivity index (χ3v) is 4.31. The first kappa shape index (κ1) is 22.0. The lowest BCUT2D eigenvalue weighted by atomic mass is 10.0. The van der Waals surface area contributed by atoms with Crippen LogP contribution in [0.25, 0.3) is 5.70 Å². The zero-order valence-corrected chi connectivity index (χ0v) is 17.2. The molecule has 1 aromatic carbocycles. The maximum atomic E-state index is 12.7. The molecule has 3 rings (SSSR count). The topological polar surface area (TPSA) is 115 Å². The van der Waals surface area contributed by atoms with E-state index in [1.54, 1.807) is 7.11 Å². The second-order valence-electron chi connectivity index (χ2n) is 6.21. The van der Waals surface area contributed by atoms with Gasteiger partial charge in [0.15, 0.2) is 0 Å². The highest BCUT2D eigenvalue weighted by Crippen LogP contribution is 2.19. The summed E-state index contributed by atoms with van der Waals surface area (Å²) in [5.74, 6) is 0.396. The van der Waals surface area contributed by atoms with Gasteiger partial charge in [-0.05, 0) is 24.1 Å². The van der Waals surface area contributed by atoms with Crippen LogP contribution in [-0.4, -0.2) is 24.9 Å². The minimum Gasteiger partial charge on any atom is -0.499 e. The lowest BCUT2D eigenvalue weighted by Gasteiger charge is -2.22. The Morgan fingerprint density at radius 1 is 1.38 bits per heavy atom. The molecule has 1 heterocycles. The highest BCUT2D eigenvalue weighted by molar-refractivity contribution is 6.09. The molecule has 6 N–H and O–H groups in total. The third-order valence-electron chi connectivity index (χ3n) is 4.31. The molecule has 7 nitrogen and oxygen atoms in total. The maximum absolute atomic E-state index is 12.7. The van der Waals surface area contributed by atoms with E-state index in [4.69, 9.17) is 16.2 Å². The minimum absolute atomic E-state index is 0.227. The van der Waals surface area contributed by atoms with Gasteiger partial charge < -0.3 is 26.8 Å². The molecule has 0 saturated heterocycles. The number of nitrogens with two attached hydrogens (primary N) is 2. The van der Waals surface area contributed by atoms with Gasteiger partial charge in [0.25, 0.3) is 5.91 Å². The molecule has 1 aliphatic carbocycles. The van der Waals surface area contributed by atoms with Gasteiger partial charge in [-0.1, -0.05) is 44.7 Å². The standard InChI is InChI=1S/C20H23N5O2.C2H6/c1-12(21)13-6-5-7-14(10-13)18-19(22)23-11-16(24-18)20(26)25-15-8-3-4-9-17(15)27-2;1-2/h3,5-8,10-11,19,23H,1,4,9,21-22H2,2H3,(H,25,26);1-2H3. The van der Waals surface area contributed by atoms with Crippen molar-refractivity contribution in [3.05, 3.63) is 77.5 Å². The largest absolute Gasteiger partial charge is 0.499 e. The Balaban J connectivity index is 0.00000145. The zero-order chi connectivity index (χ0) is 21.4. The summed E-state index contributed by atoms with van der Waals surface area (Å²) in [5, 5.41) is 5.82. The molecular weight excluding hydrogens is 366 g/mol. The van der Waals surface area contributed by atoms with Gasteiger partial charge in [0.2, 0.25) is 0 Å². The molecule has 1 aromatic rings. The molecule has 0 radical (unpaired) electrons. The van der Waals surface area contributed by atoms with Gasteiger partial charge in [-0.2, -0.15) is 0 Å². The number of ether oxygens (including phenoxy) is 1. The molecule has 29 heavy (non-hydrogen) atoms. The van der Waals surface area contributed by atoms with Crippen molar-refractivity contribution in [2.45, 2.75) is 32.9 Å². The number of amides is 1. The number of benzene rings is 1. The molecule has 0 spiro atoms. The number of nitrogens with zero attached hydrogens (tertiary/aromatic N) is 1. The van der Waals surface area contributed by atoms with Gasteiger partial charge in [-0.25, -0.2) is 4.99 Å². The molecule has 0 bridgehead atoms. The Bertz CT molecular complexity index is 896. The number of methoxy groups -OCH3 is 1. The Morgan fingerprint density at radius 3 is 2.83 bits per heavy atom. The fraction of sp³-hybridized carbons (Fsp3) is 0.273. The second-order valence-corrected chi connectivity index (χ2v) is 6.21. The van der Waals surface area contributed by atoms with Gasteiger partial charge in [0.05, 0.1) is 18.5 Å². The van der Waals surface area contributed by atoms with E-state index in [0.717, 1.165) is 29.7 Å². The second kappa shape index (κ2) is 10.3. The molecule has 0 fully saturated rings. The first-order chi connectivity index (χ1) is 14.0. The predicted octanol–water partition coefficient (Wildman–Crippen LogP) is 2.48. The van der Waals surface area contributed by atoms with Crippen LogP contribution in [0.5, 0.6) is 0 Å². The SMILES string of the molecule is C=C(N)c1cccc(C2=NC(C(=O)NC3=C(OC)CCC=C3)=CNC2N)c1.CC. The van der Waals surface area contributed by atoms with E-state index in [2.05, 4.69) is 22.2 Å². The molecule has 0 saturated carbocycles. The van der Waals surface area contributed by atoms with Crippen molar-refractivity contribution in [3.8, 4) is 0 Å². The van der Waals surface area contributed by atoms with Crippen molar-refractivity contribution in [2.24, 2.45) is 16.5 Å². The zero-order valence-electron chi connectivity index (χ0n) is 17.2. The number of hydrogen-bond acceptors (Lipinski definition) is 6. The van der Waals surface area contributed by atoms with Crippen LogP contribution in [0.4, 0.5) is 0 Å². The smallest absolute Gasteiger partial charge is 0.275 e. The van der Waals surface area contributed by atoms with Crippen LogP contribution in [0.2, 0.25) is 0 Å². The van der Waals surface area contributed by atoms with Crippen LogP contribution in [0.15, 0.2) is 71.3 Å². The first-order valence-corrected chi connectivity index (χ1v) is 9.60. The fourth-order valence-electron chi connectivity index (χ4n) is 2.87. The molecule has 1 aliphatic heterocycles. The number of carbonyl (C=O) groups is 1. The number of carbonyl (C=O) groups excluding carboxylic acids is 1. The summed E-state index contributed by atoms with van der Waals surface area (Å²) in [6.45, 7) is 7.75. The van der Waals surface area contributed by atoms with Crippen molar-refractivity contribution >= 4 is 17.3 Å². The summed E-state index contributed by atoms with van der Waals surface area (Å²) in [6.07, 6.45) is 6.42. The van der Waals surface area contributed by atoms with E-state index < -0.39 is 6.17 Å². The number of rotatable bonds is 5. The van der Waals surface area contributed by atoms with Crippen molar-refractivity contribution in [1.29, 1.82) is 0 Å². The molecule has 1 unspecified atom stereocenters. The summed E-state index contributed by atoms with van der Waals surface area (Å²) in [7, 11) is 1.59. The fourth-order valence-corrected chi connectivity index (χ4v) is 2.87. The quantitative estimate of drug-likeness (QED) is 0.611. The Hall–Kier alpha value is -3.32. The molecular formula is C22H29N5O2. The molecule has 2 aliphatic rings. The van der Waals surface area contributed by atoms with Crippen LogP contribution in [-0.2, 0) is 9.53 Å². The lowest BCUT2D eigenvalue weighted by Crippen LogP contribution is -2.45. The average Bonchev–Trinajstić information content (AvgIpc) is 2.76. The third kappa shape index (κ3) is 5.36. The van der Waals surface area contributed by atoms with Gasteiger partial charge >= 0.3 is 0 Å². The highest BCUT2D eigenvalue weighted by Gasteiger charge is 2.22. The minimum atomic E-state index is -0.536. The van der Waals surface area contributed by atoms with E-state index in [-0.39, 0.29) is 11.6 Å². The van der Waals surface area contributed by atoms with Crippen LogP contribution in [0, 0.1) is 0 Å². The average molecular weight is 396 g/mol. The summed E-state index contributed by atoms with van der Waals surface area (Å²) in [5.41, 5.74) is 15.3. The van der Waals surface area contributed by atoms with Crippen molar-refractivity contribution in [1.82, 2.24) is 10.6 Å². The van der Waals surface area contributed by atoms with E-state index in [9.17, 15) is 4.79 Å². The van der Waals surface area contributed by atoms with Crippen molar-refractivity contribution in [2.75, 3.05) is 7.11 Å². The van der Waals surface area contributed by atoms with Crippen LogP contribution >= 0.6 is 0 Å². The highest BCUT2D eigenvalue weighted by atomic mass is 16.5. The number of nitrogens with one attached hydrogen (secondary N) is 2. The normalized spacial score (nSPS) is 17.9. The maximum Gasteiger partial charge on any atom is 0.275 e. The van der Waals surface area contributed by atoms with Gasteiger partial charge in [-0.3, -0.25) is 4.79 Å². The van der Waals surface area contributed by atoms with Crippen molar-refractivity contribution in [3.63, 3.8) is 0 Å². The van der Waals surface area contributed by atoms with E-state index in [1.165, 1.54) is 6.20 Å². The van der Waals surface area contributed by atoms with Crippen LogP contribution in [0.3, 0.4) is 0 Å². The van der Waals surface area contributed by atoms with E-state index in [1.807, 2.05) is 50.3 Å².